The highest BCUT2D eigenvalue weighted by Gasteiger charge is 2.04. The van der Waals surface area contributed by atoms with Crippen molar-refractivity contribution in [2.24, 2.45) is 5.73 Å². The van der Waals surface area contributed by atoms with Gasteiger partial charge in [0.05, 0.1) is 13.0 Å². The van der Waals surface area contributed by atoms with E-state index in [-0.39, 0.29) is 43.1 Å². The topological polar surface area (TPSA) is 64.3 Å². The number of nitrogens with two attached hydrogens (primary N) is 1. The molecule has 1 aromatic rings. The molecule has 108 valence electrons. The standard InChI is InChI=1S/C13H19FN2O2.ClH/c1-10(15)6-8-16-13(17)7-9-18-12-5-3-2-4-11(12)14;/h2-5,10H,6-9,15H2,1H3,(H,16,17);1H. The summed E-state index contributed by atoms with van der Waals surface area (Å²) in [6.45, 7) is 2.59. The molecule has 0 aliphatic heterocycles. The molecule has 0 heterocycles. The van der Waals surface area contributed by atoms with E-state index in [9.17, 15) is 9.18 Å². The lowest BCUT2D eigenvalue weighted by Gasteiger charge is -2.08. The van der Waals surface area contributed by atoms with Gasteiger partial charge in [-0.1, -0.05) is 12.1 Å². The van der Waals surface area contributed by atoms with Crippen LogP contribution in [-0.2, 0) is 4.79 Å². The molecule has 0 saturated heterocycles. The molecule has 0 radical (unpaired) electrons. The Morgan fingerprint density at radius 2 is 2.16 bits per heavy atom. The number of carbonyl (C=O) groups is 1. The predicted molar refractivity (Wildman–Crippen MR) is 75.0 cm³/mol. The van der Waals surface area contributed by atoms with Crippen molar-refractivity contribution in [3.63, 3.8) is 0 Å². The van der Waals surface area contributed by atoms with Crippen LogP contribution in [0, 0.1) is 5.82 Å². The van der Waals surface area contributed by atoms with Gasteiger partial charge in [-0.2, -0.15) is 0 Å². The van der Waals surface area contributed by atoms with E-state index in [1.165, 1.54) is 12.1 Å². The number of benzene rings is 1. The Hall–Kier alpha value is -1.33. The van der Waals surface area contributed by atoms with Gasteiger partial charge >= 0.3 is 0 Å². The molecule has 0 spiro atoms. The maximum atomic E-state index is 13.2. The maximum absolute atomic E-state index is 13.2. The fourth-order valence-corrected chi connectivity index (χ4v) is 1.34. The zero-order valence-electron chi connectivity index (χ0n) is 10.9. The molecule has 19 heavy (non-hydrogen) atoms. The smallest absolute Gasteiger partial charge is 0.223 e. The van der Waals surface area contributed by atoms with E-state index in [2.05, 4.69) is 5.32 Å². The SMILES string of the molecule is CC(N)CCNC(=O)CCOc1ccccc1F.Cl. The lowest BCUT2D eigenvalue weighted by atomic mass is 10.2. The normalized spacial score (nSPS) is 11.3. The lowest BCUT2D eigenvalue weighted by Crippen LogP contribution is -2.29. The molecule has 1 unspecified atom stereocenters. The van der Waals surface area contributed by atoms with E-state index in [1.807, 2.05) is 6.92 Å². The second kappa shape index (κ2) is 9.58. The molecular formula is C13H20ClFN2O2. The Balaban J connectivity index is 0.00000324. The zero-order chi connectivity index (χ0) is 13.4. The van der Waals surface area contributed by atoms with Crippen LogP contribution in [-0.4, -0.2) is 25.1 Å². The van der Waals surface area contributed by atoms with Crippen molar-refractivity contribution in [3.05, 3.63) is 30.1 Å². The average molecular weight is 291 g/mol. The third-order valence-corrected chi connectivity index (χ3v) is 2.35. The highest BCUT2D eigenvalue weighted by atomic mass is 35.5. The van der Waals surface area contributed by atoms with E-state index in [0.29, 0.717) is 6.54 Å². The number of hydrogen-bond acceptors (Lipinski definition) is 3. The van der Waals surface area contributed by atoms with E-state index in [4.69, 9.17) is 10.5 Å². The minimum atomic E-state index is -0.421. The Labute approximate surface area is 118 Å². The quantitative estimate of drug-likeness (QED) is 0.806. The molecule has 1 atom stereocenters. The van der Waals surface area contributed by atoms with Gasteiger partial charge in [-0.15, -0.1) is 12.4 Å². The molecule has 6 heteroatoms. The van der Waals surface area contributed by atoms with Crippen molar-refractivity contribution in [2.45, 2.75) is 25.8 Å². The van der Waals surface area contributed by atoms with Gasteiger partial charge in [-0.3, -0.25) is 4.79 Å². The van der Waals surface area contributed by atoms with Gasteiger partial charge in [0.1, 0.15) is 0 Å². The summed E-state index contributed by atoms with van der Waals surface area (Å²) < 4.78 is 18.3. The first-order valence-corrected chi connectivity index (χ1v) is 5.99. The summed E-state index contributed by atoms with van der Waals surface area (Å²) in [4.78, 5) is 11.4. The first-order valence-electron chi connectivity index (χ1n) is 5.99. The highest BCUT2D eigenvalue weighted by molar-refractivity contribution is 5.85. The Morgan fingerprint density at radius 1 is 1.47 bits per heavy atom. The molecule has 0 aliphatic carbocycles. The molecular weight excluding hydrogens is 271 g/mol. The zero-order valence-corrected chi connectivity index (χ0v) is 11.7. The minimum absolute atomic E-state index is 0. The van der Waals surface area contributed by atoms with Crippen molar-refractivity contribution in [2.75, 3.05) is 13.2 Å². The van der Waals surface area contributed by atoms with Gasteiger partial charge in [-0.05, 0) is 25.5 Å². The molecule has 0 aliphatic rings. The number of carbonyl (C=O) groups excluding carboxylic acids is 1. The van der Waals surface area contributed by atoms with Crippen LogP contribution in [0.1, 0.15) is 19.8 Å². The average Bonchev–Trinajstić information content (AvgIpc) is 2.31. The van der Waals surface area contributed by atoms with Crippen molar-refractivity contribution in [1.29, 1.82) is 0 Å². The van der Waals surface area contributed by atoms with Gasteiger partial charge in [0.25, 0.3) is 0 Å². The Morgan fingerprint density at radius 3 is 2.79 bits per heavy atom. The van der Waals surface area contributed by atoms with Crippen molar-refractivity contribution in [1.82, 2.24) is 5.32 Å². The van der Waals surface area contributed by atoms with Crippen LogP contribution >= 0.6 is 12.4 Å². The molecule has 3 N–H and O–H groups in total. The predicted octanol–water partition coefficient (Wildman–Crippen LogP) is 1.87. The van der Waals surface area contributed by atoms with E-state index in [0.717, 1.165) is 6.42 Å². The fourth-order valence-electron chi connectivity index (χ4n) is 1.34. The summed E-state index contributed by atoms with van der Waals surface area (Å²) in [6.07, 6.45) is 0.938. The third kappa shape index (κ3) is 7.64. The molecule has 1 amide bonds. The van der Waals surface area contributed by atoms with Crippen molar-refractivity contribution in [3.8, 4) is 5.75 Å². The Bertz CT molecular complexity index is 389. The summed E-state index contributed by atoms with van der Waals surface area (Å²) in [7, 11) is 0. The van der Waals surface area contributed by atoms with Crippen LogP contribution in [0.5, 0.6) is 5.75 Å². The third-order valence-electron chi connectivity index (χ3n) is 2.35. The fraction of sp³-hybridized carbons (Fsp3) is 0.462. The maximum Gasteiger partial charge on any atom is 0.223 e. The van der Waals surface area contributed by atoms with Crippen LogP contribution in [0.2, 0.25) is 0 Å². The number of halogens is 2. The number of hydrogen-bond donors (Lipinski definition) is 2. The van der Waals surface area contributed by atoms with Crippen LogP contribution in [0.4, 0.5) is 4.39 Å². The molecule has 1 aromatic carbocycles. The van der Waals surface area contributed by atoms with Crippen LogP contribution in [0.25, 0.3) is 0 Å². The minimum Gasteiger partial charge on any atom is -0.490 e. The first-order chi connectivity index (χ1) is 8.59. The van der Waals surface area contributed by atoms with Crippen molar-refractivity contribution < 1.29 is 13.9 Å². The molecule has 1 rings (SSSR count). The van der Waals surface area contributed by atoms with Gasteiger partial charge in [0, 0.05) is 12.6 Å². The van der Waals surface area contributed by atoms with E-state index < -0.39 is 5.82 Å². The molecule has 0 aromatic heterocycles. The summed E-state index contributed by atoms with van der Waals surface area (Å²) in [5.41, 5.74) is 5.55. The van der Waals surface area contributed by atoms with Crippen molar-refractivity contribution >= 4 is 18.3 Å². The van der Waals surface area contributed by atoms with Gasteiger partial charge in [0.15, 0.2) is 11.6 Å². The van der Waals surface area contributed by atoms with Crippen LogP contribution in [0.3, 0.4) is 0 Å². The molecule has 4 nitrogen and oxygen atoms in total. The highest BCUT2D eigenvalue weighted by Crippen LogP contribution is 2.15. The largest absolute Gasteiger partial charge is 0.490 e. The van der Waals surface area contributed by atoms with Crippen LogP contribution < -0.4 is 15.8 Å². The van der Waals surface area contributed by atoms with E-state index in [1.54, 1.807) is 12.1 Å². The Kier molecular flexibility index (Phi) is 8.91. The summed E-state index contributed by atoms with van der Waals surface area (Å²) >= 11 is 0. The number of nitrogens with one attached hydrogen (secondary N) is 1. The summed E-state index contributed by atoms with van der Waals surface area (Å²) in [6, 6.07) is 6.19. The number of rotatable bonds is 7. The molecule has 0 bridgehead atoms. The number of ether oxygens (including phenoxy) is 1. The molecule has 0 fully saturated rings. The monoisotopic (exact) mass is 290 g/mol. The summed E-state index contributed by atoms with van der Waals surface area (Å²) in [5, 5.41) is 2.72. The van der Waals surface area contributed by atoms with E-state index >= 15 is 0 Å². The second-order valence-electron chi connectivity index (χ2n) is 4.14. The number of para-hydroxylation sites is 1. The second-order valence-corrected chi connectivity index (χ2v) is 4.14. The first kappa shape index (κ1) is 17.7. The molecule has 0 saturated carbocycles. The van der Waals surface area contributed by atoms with Gasteiger partial charge < -0.3 is 15.8 Å². The van der Waals surface area contributed by atoms with Gasteiger partial charge in [0.2, 0.25) is 5.91 Å². The lowest BCUT2D eigenvalue weighted by molar-refractivity contribution is -0.121. The van der Waals surface area contributed by atoms with Gasteiger partial charge in [-0.25, -0.2) is 4.39 Å². The van der Waals surface area contributed by atoms with Crippen LogP contribution in [0.15, 0.2) is 24.3 Å². The summed E-state index contributed by atoms with van der Waals surface area (Å²) in [5.74, 6) is -0.372. The number of amides is 1.